The van der Waals surface area contributed by atoms with Crippen LogP contribution < -0.4 is 5.73 Å². The van der Waals surface area contributed by atoms with Crippen molar-refractivity contribution in [1.29, 1.82) is 0 Å². The molecule has 0 bridgehead atoms. The van der Waals surface area contributed by atoms with Gasteiger partial charge in [-0.1, -0.05) is 11.6 Å². The number of aromatic nitrogens is 1. The van der Waals surface area contributed by atoms with E-state index >= 15 is 0 Å². The Labute approximate surface area is 111 Å². The fourth-order valence-corrected chi connectivity index (χ4v) is 2.09. The van der Waals surface area contributed by atoms with Crippen molar-refractivity contribution in [3.63, 3.8) is 0 Å². The minimum atomic E-state index is -3.11. The van der Waals surface area contributed by atoms with E-state index in [-0.39, 0.29) is 34.7 Å². The number of anilines is 1. The highest BCUT2D eigenvalue weighted by Gasteiger charge is 2.15. The lowest BCUT2D eigenvalue weighted by Gasteiger charge is -2.16. The van der Waals surface area contributed by atoms with Crippen LogP contribution in [-0.2, 0) is 9.84 Å². The summed E-state index contributed by atoms with van der Waals surface area (Å²) in [6.45, 7) is 0.109. The molecule has 8 heteroatoms. The van der Waals surface area contributed by atoms with Crippen molar-refractivity contribution in [2.24, 2.45) is 0 Å². The Balaban J connectivity index is 2.80. The van der Waals surface area contributed by atoms with Crippen LogP contribution in [0.15, 0.2) is 12.1 Å². The summed E-state index contributed by atoms with van der Waals surface area (Å²) in [6.07, 6.45) is 1.12. The highest BCUT2D eigenvalue weighted by Crippen LogP contribution is 2.13. The summed E-state index contributed by atoms with van der Waals surface area (Å²) in [6, 6.07) is 2.78. The van der Waals surface area contributed by atoms with E-state index in [0.29, 0.717) is 0 Å². The average Bonchev–Trinajstić information content (AvgIpc) is 2.22. The van der Waals surface area contributed by atoms with Crippen LogP contribution in [0.4, 0.5) is 5.82 Å². The zero-order chi connectivity index (χ0) is 13.9. The Hall–Kier alpha value is -1.34. The first-order valence-electron chi connectivity index (χ1n) is 5.05. The van der Waals surface area contributed by atoms with Gasteiger partial charge in [0.1, 0.15) is 20.8 Å². The smallest absolute Gasteiger partial charge is 0.253 e. The van der Waals surface area contributed by atoms with Gasteiger partial charge in [0.05, 0.1) is 5.75 Å². The highest BCUT2D eigenvalue weighted by molar-refractivity contribution is 7.90. The molecule has 6 nitrogen and oxygen atoms in total. The van der Waals surface area contributed by atoms with Crippen LogP contribution >= 0.6 is 11.6 Å². The van der Waals surface area contributed by atoms with Gasteiger partial charge < -0.3 is 10.6 Å². The van der Waals surface area contributed by atoms with Gasteiger partial charge in [-0.3, -0.25) is 4.79 Å². The molecule has 0 unspecified atom stereocenters. The van der Waals surface area contributed by atoms with E-state index in [2.05, 4.69) is 4.98 Å². The number of nitrogens with two attached hydrogens (primary N) is 1. The first-order valence-corrected chi connectivity index (χ1v) is 7.49. The minimum absolute atomic E-state index is 0.0937. The molecule has 1 rings (SSSR count). The maximum Gasteiger partial charge on any atom is 0.253 e. The second-order valence-corrected chi connectivity index (χ2v) is 6.61. The maximum absolute atomic E-state index is 12.0. The fourth-order valence-electron chi connectivity index (χ4n) is 1.27. The molecule has 0 aliphatic carbocycles. The lowest BCUT2D eigenvalue weighted by Crippen LogP contribution is -2.31. The van der Waals surface area contributed by atoms with E-state index in [9.17, 15) is 13.2 Å². The van der Waals surface area contributed by atoms with Crippen molar-refractivity contribution in [3.05, 3.63) is 22.8 Å². The van der Waals surface area contributed by atoms with E-state index in [1.807, 2.05) is 0 Å². The molecule has 0 atom stereocenters. The predicted octanol–water partition coefficient (Wildman–Crippen LogP) is 0.434. The maximum atomic E-state index is 12.0. The van der Waals surface area contributed by atoms with Crippen molar-refractivity contribution in [2.75, 3.05) is 31.3 Å². The minimum Gasteiger partial charge on any atom is -0.384 e. The second-order valence-electron chi connectivity index (χ2n) is 3.96. The summed E-state index contributed by atoms with van der Waals surface area (Å²) in [7, 11) is -1.60. The molecular weight excluding hydrogens is 278 g/mol. The van der Waals surface area contributed by atoms with E-state index in [4.69, 9.17) is 17.3 Å². The molecule has 0 fully saturated rings. The molecule has 0 saturated heterocycles. The summed E-state index contributed by atoms with van der Waals surface area (Å²) < 4.78 is 22.0. The van der Waals surface area contributed by atoms with Crippen molar-refractivity contribution < 1.29 is 13.2 Å². The number of carbonyl (C=O) groups excluding carboxylic acids is 1. The summed E-state index contributed by atoms with van der Waals surface area (Å²) in [4.78, 5) is 17.0. The fraction of sp³-hybridized carbons (Fsp3) is 0.400. The van der Waals surface area contributed by atoms with Gasteiger partial charge in [-0.25, -0.2) is 13.4 Å². The average molecular weight is 292 g/mol. The number of carbonyl (C=O) groups is 1. The van der Waals surface area contributed by atoms with Gasteiger partial charge in [-0.05, 0) is 12.1 Å². The number of hydrogen-bond acceptors (Lipinski definition) is 5. The second kappa shape index (κ2) is 5.53. The number of hydrogen-bond donors (Lipinski definition) is 1. The molecule has 1 heterocycles. The van der Waals surface area contributed by atoms with Gasteiger partial charge in [0.15, 0.2) is 0 Å². The third kappa shape index (κ3) is 4.50. The first-order chi connectivity index (χ1) is 8.19. The molecule has 0 aromatic carbocycles. The third-order valence-corrected chi connectivity index (χ3v) is 3.32. The Morgan fingerprint density at radius 1 is 1.50 bits per heavy atom. The van der Waals surface area contributed by atoms with Crippen molar-refractivity contribution in [1.82, 2.24) is 9.88 Å². The Bertz CT molecular complexity index is 539. The number of nitrogen functional groups attached to an aromatic ring is 1. The lowest BCUT2D eigenvalue weighted by atomic mass is 10.2. The molecule has 0 saturated carbocycles. The lowest BCUT2D eigenvalue weighted by molar-refractivity contribution is 0.0803. The molecule has 2 N–H and O–H groups in total. The van der Waals surface area contributed by atoms with Gasteiger partial charge >= 0.3 is 0 Å². The quantitative estimate of drug-likeness (QED) is 0.812. The Kier molecular flexibility index (Phi) is 4.53. The molecule has 18 heavy (non-hydrogen) atoms. The predicted molar refractivity (Wildman–Crippen MR) is 70.3 cm³/mol. The molecule has 0 aliphatic rings. The number of amides is 1. The summed E-state index contributed by atoms with van der Waals surface area (Å²) in [5, 5.41) is 0.120. The van der Waals surface area contributed by atoms with Gasteiger partial charge in [-0.2, -0.15) is 0 Å². The topological polar surface area (TPSA) is 93.4 Å². The molecule has 1 aromatic heterocycles. The monoisotopic (exact) mass is 291 g/mol. The zero-order valence-corrected chi connectivity index (χ0v) is 11.6. The van der Waals surface area contributed by atoms with Crippen molar-refractivity contribution >= 4 is 33.2 Å². The molecule has 0 aliphatic heterocycles. The molecular formula is C10H14ClN3O3S. The van der Waals surface area contributed by atoms with Crippen LogP contribution in [0.25, 0.3) is 0 Å². The SMILES string of the molecule is CN(CCS(C)(=O)=O)C(=O)c1cc(N)nc(Cl)c1. The van der Waals surface area contributed by atoms with Crippen LogP contribution in [0.2, 0.25) is 5.15 Å². The Morgan fingerprint density at radius 3 is 2.61 bits per heavy atom. The third-order valence-electron chi connectivity index (χ3n) is 2.21. The van der Waals surface area contributed by atoms with Crippen LogP contribution in [0.3, 0.4) is 0 Å². The van der Waals surface area contributed by atoms with Crippen molar-refractivity contribution in [2.45, 2.75) is 0 Å². The number of sulfone groups is 1. The van der Waals surface area contributed by atoms with Gasteiger partial charge in [0, 0.05) is 25.4 Å². The van der Waals surface area contributed by atoms with Crippen LogP contribution in [-0.4, -0.2) is 49.8 Å². The van der Waals surface area contributed by atoms with Crippen LogP contribution in [0.5, 0.6) is 0 Å². The standard InChI is InChI=1S/C10H14ClN3O3S/c1-14(3-4-18(2,16)17)10(15)7-5-8(11)13-9(12)6-7/h5-6H,3-4H2,1-2H3,(H2,12,13). The first kappa shape index (κ1) is 14.7. The summed E-state index contributed by atoms with van der Waals surface area (Å²) in [5.74, 6) is -0.305. The molecule has 0 radical (unpaired) electrons. The van der Waals surface area contributed by atoms with Crippen molar-refractivity contribution in [3.8, 4) is 0 Å². The summed E-state index contributed by atoms with van der Waals surface area (Å²) >= 11 is 5.69. The van der Waals surface area contributed by atoms with Crippen LogP contribution in [0, 0.1) is 0 Å². The number of nitrogens with zero attached hydrogens (tertiary/aromatic N) is 2. The number of halogens is 1. The zero-order valence-electron chi connectivity index (χ0n) is 10.1. The van der Waals surface area contributed by atoms with E-state index < -0.39 is 9.84 Å². The normalized spacial score (nSPS) is 11.3. The highest BCUT2D eigenvalue weighted by atomic mass is 35.5. The molecule has 1 aromatic rings. The Morgan fingerprint density at radius 2 is 2.11 bits per heavy atom. The molecule has 1 amide bonds. The number of rotatable bonds is 4. The van der Waals surface area contributed by atoms with Gasteiger partial charge in [-0.15, -0.1) is 0 Å². The summed E-state index contributed by atoms with van der Waals surface area (Å²) in [5.41, 5.74) is 5.76. The molecule has 100 valence electrons. The van der Waals surface area contributed by atoms with E-state index in [1.165, 1.54) is 24.1 Å². The van der Waals surface area contributed by atoms with Gasteiger partial charge in [0.25, 0.3) is 5.91 Å². The number of pyridine rings is 1. The van der Waals surface area contributed by atoms with Crippen LogP contribution in [0.1, 0.15) is 10.4 Å². The van der Waals surface area contributed by atoms with E-state index in [0.717, 1.165) is 6.26 Å². The molecule has 0 spiro atoms. The largest absolute Gasteiger partial charge is 0.384 e. The van der Waals surface area contributed by atoms with E-state index in [1.54, 1.807) is 0 Å². The van der Waals surface area contributed by atoms with Gasteiger partial charge in [0.2, 0.25) is 0 Å².